The molecule has 6 nitrogen and oxygen atoms in total. The Hall–Kier alpha value is -1.40. The molecule has 0 aromatic heterocycles. The number of hydrogen-bond acceptors (Lipinski definition) is 5. The molecular formula is C58H113NO5. The van der Waals surface area contributed by atoms with Crippen molar-refractivity contribution < 1.29 is 24.5 Å². The summed E-state index contributed by atoms with van der Waals surface area (Å²) in [5.41, 5.74) is 0. The molecule has 0 rings (SSSR count). The molecule has 3 N–H and O–H groups in total. The second-order valence-corrected chi connectivity index (χ2v) is 20.1. The van der Waals surface area contributed by atoms with E-state index in [0.29, 0.717) is 19.3 Å². The molecule has 0 fully saturated rings. The van der Waals surface area contributed by atoms with Crippen LogP contribution in [0.2, 0.25) is 0 Å². The minimum absolute atomic E-state index is 0.0822. The van der Waals surface area contributed by atoms with Crippen LogP contribution >= 0.6 is 0 Å². The van der Waals surface area contributed by atoms with Crippen molar-refractivity contribution in [3.8, 4) is 0 Å². The second-order valence-electron chi connectivity index (χ2n) is 20.1. The summed E-state index contributed by atoms with van der Waals surface area (Å²) in [5.74, 6) is -0.460. The van der Waals surface area contributed by atoms with E-state index in [-0.39, 0.29) is 24.9 Å². The van der Waals surface area contributed by atoms with Crippen LogP contribution in [-0.4, -0.2) is 46.9 Å². The summed E-state index contributed by atoms with van der Waals surface area (Å²) in [7, 11) is 0. The molecule has 1 amide bonds. The van der Waals surface area contributed by atoms with Crippen molar-refractivity contribution in [1.29, 1.82) is 0 Å². The Bertz CT molecular complexity index is 970. The number of ether oxygens (including phenoxy) is 1. The van der Waals surface area contributed by atoms with Crippen LogP contribution in [0.5, 0.6) is 0 Å². The minimum atomic E-state index is -0.783. The van der Waals surface area contributed by atoms with Crippen LogP contribution in [0.3, 0.4) is 0 Å². The molecule has 3 unspecified atom stereocenters. The summed E-state index contributed by atoms with van der Waals surface area (Å²) in [6.07, 6.45) is 59.9. The van der Waals surface area contributed by atoms with Gasteiger partial charge in [0.15, 0.2) is 0 Å². The van der Waals surface area contributed by atoms with E-state index in [1.807, 2.05) is 0 Å². The van der Waals surface area contributed by atoms with Crippen LogP contribution in [0.15, 0.2) is 12.2 Å². The molecule has 0 heterocycles. The van der Waals surface area contributed by atoms with Gasteiger partial charge in [0.1, 0.15) is 6.10 Å². The van der Waals surface area contributed by atoms with Crippen molar-refractivity contribution in [2.24, 2.45) is 0 Å². The van der Waals surface area contributed by atoms with Gasteiger partial charge in [-0.05, 0) is 51.4 Å². The highest BCUT2D eigenvalue weighted by Crippen LogP contribution is 2.19. The molecule has 0 saturated heterocycles. The van der Waals surface area contributed by atoms with E-state index in [4.69, 9.17) is 4.74 Å². The average Bonchev–Trinajstić information content (AvgIpc) is 3.29. The Labute approximate surface area is 399 Å². The third-order valence-corrected chi connectivity index (χ3v) is 13.6. The van der Waals surface area contributed by atoms with Gasteiger partial charge in [-0.1, -0.05) is 270 Å². The minimum Gasteiger partial charge on any atom is -0.462 e. The number of allylic oxidation sites excluding steroid dienone is 2. The topological polar surface area (TPSA) is 95.9 Å². The summed E-state index contributed by atoms with van der Waals surface area (Å²) in [6.45, 7) is 6.52. The number of aliphatic hydroxyl groups excluding tert-OH is 2. The SMILES string of the molecule is CCCCCCCCC/C=C/CCCCCCCC(=O)OC(CCCCCCCCCCCCCCCCCCC)CC(=O)NC(CO)C(O)CCCCCCCCCCCCCC. The average molecular weight is 905 g/mol. The highest BCUT2D eigenvalue weighted by molar-refractivity contribution is 5.77. The van der Waals surface area contributed by atoms with E-state index < -0.39 is 18.2 Å². The summed E-state index contributed by atoms with van der Waals surface area (Å²) < 4.78 is 5.96. The molecule has 0 radical (unpaired) electrons. The van der Waals surface area contributed by atoms with Crippen molar-refractivity contribution in [2.75, 3.05) is 6.61 Å². The van der Waals surface area contributed by atoms with Crippen LogP contribution in [0.25, 0.3) is 0 Å². The van der Waals surface area contributed by atoms with Crippen LogP contribution in [0, 0.1) is 0 Å². The molecule has 6 heteroatoms. The molecule has 0 aromatic carbocycles. The lowest BCUT2D eigenvalue weighted by Crippen LogP contribution is -2.46. The van der Waals surface area contributed by atoms with E-state index in [1.165, 1.54) is 225 Å². The lowest BCUT2D eigenvalue weighted by molar-refractivity contribution is -0.151. The lowest BCUT2D eigenvalue weighted by atomic mass is 10.0. The smallest absolute Gasteiger partial charge is 0.306 e. The zero-order valence-electron chi connectivity index (χ0n) is 43.4. The predicted octanol–water partition coefficient (Wildman–Crippen LogP) is 17.7. The number of nitrogens with one attached hydrogen (secondary N) is 1. The number of carbonyl (C=O) groups is 2. The predicted molar refractivity (Wildman–Crippen MR) is 278 cm³/mol. The standard InChI is InChI=1S/C58H113NO5/c1-4-7-10-13-16-19-22-25-27-29-30-32-34-37-40-43-46-49-54(64-58(63)51-48-45-42-39-36-33-31-28-26-23-20-17-14-11-8-5-2)52-57(62)59-55(53-60)56(61)50-47-44-41-38-35-24-21-18-15-12-9-6-3/h28,31,54-56,60-61H,4-27,29-30,32-53H2,1-3H3,(H,59,62)/b31-28+. The summed E-state index contributed by atoms with van der Waals surface area (Å²) >= 11 is 0. The number of amides is 1. The normalized spacial score (nSPS) is 13.1. The quantitative estimate of drug-likeness (QED) is 0.0321. The second kappa shape index (κ2) is 52.6. The van der Waals surface area contributed by atoms with Crippen molar-refractivity contribution in [1.82, 2.24) is 5.32 Å². The molecule has 0 aromatic rings. The van der Waals surface area contributed by atoms with E-state index in [0.717, 1.165) is 51.4 Å². The van der Waals surface area contributed by atoms with Gasteiger partial charge in [0.05, 0.1) is 25.2 Å². The monoisotopic (exact) mass is 904 g/mol. The molecule has 0 aliphatic rings. The van der Waals surface area contributed by atoms with E-state index in [1.54, 1.807) is 0 Å². The molecule has 0 saturated carbocycles. The molecule has 0 bridgehead atoms. The third kappa shape index (κ3) is 47.1. The number of unbranched alkanes of at least 4 members (excludes halogenated alkanes) is 39. The number of rotatable bonds is 53. The van der Waals surface area contributed by atoms with E-state index in [2.05, 4.69) is 38.2 Å². The van der Waals surface area contributed by atoms with Gasteiger partial charge in [-0.25, -0.2) is 0 Å². The summed E-state index contributed by atoms with van der Waals surface area (Å²) in [4.78, 5) is 26.3. The van der Waals surface area contributed by atoms with Gasteiger partial charge in [-0.2, -0.15) is 0 Å². The van der Waals surface area contributed by atoms with Gasteiger partial charge in [-0.15, -0.1) is 0 Å². The fourth-order valence-corrected chi connectivity index (χ4v) is 9.19. The first-order valence-corrected chi connectivity index (χ1v) is 28.9. The van der Waals surface area contributed by atoms with Gasteiger partial charge < -0.3 is 20.3 Å². The maximum atomic E-state index is 13.3. The van der Waals surface area contributed by atoms with Crippen molar-refractivity contribution in [2.45, 2.75) is 341 Å². The Balaban J connectivity index is 4.53. The molecule has 0 aliphatic heterocycles. The Morgan fingerprint density at radius 2 is 0.750 bits per heavy atom. The first-order chi connectivity index (χ1) is 31.5. The van der Waals surface area contributed by atoms with Gasteiger partial charge in [0.2, 0.25) is 5.91 Å². The third-order valence-electron chi connectivity index (χ3n) is 13.6. The largest absolute Gasteiger partial charge is 0.462 e. The van der Waals surface area contributed by atoms with Crippen LogP contribution in [0.1, 0.15) is 323 Å². The maximum Gasteiger partial charge on any atom is 0.306 e. The lowest BCUT2D eigenvalue weighted by Gasteiger charge is -2.24. The number of esters is 1. The Morgan fingerprint density at radius 1 is 0.438 bits per heavy atom. The van der Waals surface area contributed by atoms with Gasteiger partial charge >= 0.3 is 5.97 Å². The summed E-state index contributed by atoms with van der Waals surface area (Å²) in [6, 6.07) is -0.697. The van der Waals surface area contributed by atoms with E-state index in [9.17, 15) is 19.8 Å². The van der Waals surface area contributed by atoms with Crippen LogP contribution < -0.4 is 5.32 Å². The van der Waals surface area contributed by atoms with Gasteiger partial charge in [0, 0.05) is 6.42 Å². The molecule has 0 spiro atoms. The zero-order valence-corrected chi connectivity index (χ0v) is 43.4. The Kier molecular flexibility index (Phi) is 51.4. The fraction of sp³-hybridized carbons (Fsp3) is 0.931. The van der Waals surface area contributed by atoms with E-state index >= 15 is 0 Å². The highest BCUT2D eigenvalue weighted by atomic mass is 16.5. The number of carbonyl (C=O) groups excluding carboxylic acids is 2. The van der Waals surface area contributed by atoms with Crippen molar-refractivity contribution in [3.05, 3.63) is 12.2 Å². The molecule has 3 atom stereocenters. The van der Waals surface area contributed by atoms with Gasteiger partial charge in [0.25, 0.3) is 0 Å². The van der Waals surface area contributed by atoms with Crippen molar-refractivity contribution in [3.63, 3.8) is 0 Å². The zero-order chi connectivity index (χ0) is 46.7. The first kappa shape index (κ1) is 62.6. The molecule has 0 aliphatic carbocycles. The fourth-order valence-electron chi connectivity index (χ4n) is 9.19. The summed E-state index contributed by atoms with van der Waals surface area (Å²) in [5, 5.41) is 23.8. The van der Waals surface area contributed by atoms with Gasteiger partial charge in [-0.3, -0.25) is 9.59 Å². The molecule has 380 valence electrons. The number of hydrogen-bond donors (Lipinski definition) is 3. The maximum absolute atomic E-state index is 13.3. The highest BCUT2D eigenvalue weighted by Gasteiger charge is 2.24. The molecular weight excluding hydrogens is 791 g/mol. The van der Waals surface area contributed by atoms with Crippen LogP contribution in [-0.2, 0) is 14.3 Å². The van der Waals surface area contributed by atoms with Crippen molar-refractivity contribution >= 4 is 11.9 Å². The molecule has 64 heavy (non-hydrogen) atoms. The number of aliphatic hydroxyl groups is 2. The van der Waals surface area contributed by atoms with Crippen LogP contribution in [0.4, 0.5) is 0 Å². The Morgan fingerprint density at radius 3 is 1.11 bits per heavy atom. The first-order valence-electron chi connectivity index (χ1n) is 28.9.